The first kappa shape index (κ1) is 14.9. The van der Waals surface area contributed by atoms with Gasteiger partial charge in [-0.25, -0.2) is 0 Å². The molecule has 0 saturated heterocycles. The summed E-state index contributed by atoms with van der Waals surface area (Å²) >= 11 is 0. The van der Waals surface area contributed by atoms with Crippen molar-refractivity contribution in [3.63, 3.8) is 0 Å². The number of rotatable bonds is 7. The zero-order chi connectivity index (χ0) is 12.6. The molecule has 0 spiro atoms. The van der Waals surface area contributed by atoms with Crippen molar-refractivity contribution in [2.24, 2.45) is 5.73 Å². The molecule has 3 heteroatoms. The number of hydrogen-bond donors (Lipinski definition) is 2. The Kier molecular flexibility index (Phi) is 7.09. The van der Waals surface area contributed by atoms with E-state index in [0.717, 1.165) is 25.9 Å². The largest absolute Gasteiger partial charge is 0.396 e. The number of nitrogens with zero attached hydrogens (tertiary/aromatic N) is 1. The SMILES string of the molecule is CN(CCCCCO)C1(CN)CCCCCC1. The Labute approximate surface area is 106 Å². The highest BCUT2D eigenvalue weighted by molar-refractivity contribution is 4.91. The van der Waals surface area contributed by atoms with Crippen LogP contribution in [0.25, 0.3) is 0 Å². The average molecular weight is 242 g/mol. The van der Waals surface area contributed by atoms with E-state index in [9.17, 15) is 0 Å². The van der Waals surface area contributed by atoms with Gasteiger partial charge >= 0.3 is 0 Å². The zero-order valence-electron chi connectivity index (χ0n) is 11.5. The fraction of sp³-hybridized carbons (Fsp3) is 1.00. The first-order valence-electron chi connectivity index (χ1n) is 7.27. The van der Waals surface area contributed by atoms with Crippen molar-refractivity contribution in [2.45, 2.75) is 63.3 Å². The molecule has 0 amide bonds. The van der Waals surface area contributed by atoms with Crippen LogP contribution >= 0.6 is 0 Å². The van der Waals surface area contributed by atoms with Gasteiger partial charge in [0.2, 0.25) is 0 Å². The predicted molar refractivity (Wildman–Crippen MR) is 73.1 cm³/mol. The van der Waals surface area contributed by atoms with E-state index in [1.165, 1.54) is 44.9 Å². The second kappa shape index (κ2) is 8.06. The van der Waals surface area contributed by atoms with Gasteiger partial charge in [-0.15, -0.1) is 0 Å². The monoisotopic (exact) mass is 242 g/mol. The number of unbranched alkanes of at least 4 members (excludes halogenated alkanes) is 2. The summed E-state index contributed by atoms with van der Waals surface area (Å²) in [6.45, 7) is 2.24. The first-order valence-corrected chi connectivity index (χ1v) is 7.27. The maximum Gasteiger partial charge on any atom is 0.0431 e. The van der Waals surface area contributed by atoms with Crippen LogP contribution in [-0.4, -0.2) is 42.3 Å². The number of aliphatic hydroxyl groups is 1. The summed E-state index contributed by atoms with van der Waals surface area (Å²) in [6, 6.07) is 0. The van der Waals surface area contributed by atoms with Gasteiger partial charge in [0, 0.05) is 18.7 Å². The third-order valence-corrected chi connectivity index (χ3v) is 4.38. The van der Waals surface area contributed by atoms with Crippen LogP contribution in [0.5, 0.6) is 0 Å². The van der Waals surface area contributed by atoms with E-state index in [4.69, 9.17) is 10.8 Å². The van der Waals surface area contributed by atoms with E-state index in [1.54, 1.807) is 0 Å². The van der Waals surface area contributed by atoms with Gasteiger partial charge in [-0.1, -0.05) is 25.7 Å². The van der Waals surface area contributed by atoms with Crippen LogP contribution in [0.4, 0.5) is 0 Å². The number of nitrogens with two attached hydrogens (primary N) is 1. The lowest BCUT2D eigenvalue weighted by Gasteiger charge is -2.41. The Balaban J connectivity index is 2.40. The van der Waals surface area contributed by atoms with E-state index in [-0.39, 0.29) is 5.54 Å². The summed E-state index contributed by atoms with van der Waals surface area (Å²) in [6.07, 6.45) is 11.2. The van der Waals surface area contributed by atoms with Crippen LogP contribution in [0.15, 0.2) is 0 Å². The van der Waals surface area contributed by atoms with Crippen molar-refractivity contribution in [3.8, 4) is 0 Å². The molecule has 0 aliphatic heterocycles. The second-order valence-corrected chi connectivity index (χ2v) is 5.55. The number of hydrogen-bond acceptors (Lipinski definition) is 3. The quantitative estimate of drug-likeness (QED) is 0.531. The molecule has 0 aromatic carbocycles. The lowest BCUT2D eigenvalue weighted by atomic mass is 9.88. The molecule has 3 N–H and O–H groups in total. The van der Waals surface area contributed by atoms with Gasteiger partial charge in [-0.05, 0) is 45.7 Å². The van der Waals surface area contributed by atoms with Gasteiger partial charge < -0.3 is 10.8 Å². The van der Waals surface area contributed by atoms with Crippen molar-refractivity contribution in [1.82, 2.24) is 4.90 Å². The third-order valence-electron chi connectivity index (χ3n) is 4.38. The molecule has 1 aliphatic rings. The first-order chi connectivity index (χ1) is 8.25. The van der Waals surface area contributed by atoms with Gasteiger partial charge in [0.1, 0.15) is 0 Å². The molecule has 0 atom stereocenters. The average Bonchev–Trinajstić information content (AvgIpc) is 2.60. The molecule has 0 aromatic rings. The topological polar surface area (TPSA) is 49.5 Å². The van der Waals surface area contributed by atoms with E-state index in [2.05, 4.69) is 11.9 Å². The Bertz CT molecular complexity index is 189. The fourth-order valence-electron chi connectivity index (χ4n) is 3.00. The van der Waals surface area contributed by atoms with E-state index < -0.39 is 0 Å². The lowest BCUT2D eigenvalue weighted by molar-refractivity contribution is 0.104. The smallest absolute Gasteiger partial charge is 0.0431 e. The summed E-state index contributed by atoms with van der Waals surface area (Å²) in [7, 11) is 2.23. The highest BCUT2D eigenvalue weighted by atomic mass is 16.2. The zero-order valence-corrected chi connectivity index (χ0v) is 11.5. The predicted octanol–water partition coefficient (Wildman–Crippen LogP) is 2.13. The highest BCUT2D eigenvalue weighted by Crippen LogP contribution is 2.31. The highest BCUT2D eigenvalue weighted by Gasteiger charge is 2.32. The van der Waals surface area contributed by atoms with E-state index in [1.807, 2.05) is 0 Å². The molecule has 3 nitrogen and oxygen atoms in total. The minimum atomic E-state index is 0.260. The van der Waals surface area contributed by atoms with Gasteiger partial charge in [0.05, 0.1) is 0 Å². The Morgan fingerprint density at radius 2 is 1.71 bits per heavy atom. The minimum Gasteiger partial charge on any atom is -0.396 e. The van der Waals surface area contributed by atoms with Gasteiger partial charge in [-0.2, -0.15) is 0 Å². The molecule has 17 heavy (non-hydrogen) atoms. The number of likely N-dealkylation sites (N-methyl/N-ethyl adjacent to an activating group) is 1. The molecular formula is C14H30N2O. The molecule has 1 aliphatic carbocycles. The fourth-order valence-corrected chi connectivity index (χ4v) is 3.00. The van der Waals surface area contributed by atoms with Crippen LogP contribution in [0, 0.1) is 0 Å². The van der Waals surface area contributed by atoms with Crippen molar-refractivity contribution in [1.29, 1.82) is 0 Å². The lowest BCUT2D eigenvalue weighted by Crippen LogP contribution is -2.52. The van der Waals surface area contributed by atoms with E-state index in [0.29, 0.717) is 6.61 Å². The molecule has 0 unspecified atom stereocenters. The molecule has 0 bridgehead atoms. The molecule has 102 valence electrons. The van der Waals surface area contributed by atoms with Crippen LogP contribution < -0.4 is 5.73 Å². The minimum absolute atomic E-state index is 0.260. The van der Waals surface area contributed by atoms with Crippen molar-refractivity contribution < 1.29 is 5.11 Å². The van der Waals surface area contributed by atoms with Crippen LogP contribution in [0.1, 0.15) is 57.8 Å². The molecule has 0 aromatic heterocycles. The summed E-state index contributed by atoms with van der Waals surface area (Å²) in [5.41, 5.74) is 6.32. The standard InChI is InChI=1S/C14H30N2O/c1-16(11-7-4-8-12-17)14(13-15)9-5-2-3-6-10-14/h17H,2-13,15H2,1H3. The summed E-state index contributed by atoms with van der Waals surface area (Å²) in [4.78, 5) is 2.50. The molecule has 1 rings (SSSR count). The van der Waals surface area contributed by atoms with Gasteiger partial charge in [0.25, 0.3) is 0 Å². The normalized spacial score (nSPS) is 20.5. The van der Waals surface area contributed by atoms with Crippen LogP contribution in [0.2, 0.25) is 0 Å². The molecule has 1 saturated carbocycles. The van der Waals surface area contributed by atoms with Crippen molar-refractivity contribution in [3.05, 3.63) is 0 Å². The maximum absolute atomic E-state index is 8.78. The number of aliphatic hydroxyl groups excluding tert-OH is 1. The van der Waals surface area contributed by atoms with Crippen LogP contribution in [0.3, 0.4) is 0 Å². The van der Waals surface area contributed by atoms with Crippen LogP contribution in [-0.2, 0) is 0 Å². The maximum atomic E-state index is 8.78. The van der Waals surface area contributed by atoms with Gasteiger partial charge in [-0.3, -0.25) is 4.90 Å². The Morgan fingerprint density at radius 3 is 2.24 bits per heavy atom. The third kappa shape index (κ3) is 4.57. The Morgan fingerprint density at radius 1 is 1.06 bits per heavy atom. The second-order valence-electron chi connectivity index (χ2n) is 5.55. The molecule has 0 radical (unpaired) electrons. The molecule has 0 heterocycles. The summed E-state index contributed by atoms with van der Waals surface area (Å²) in [5, 5.41) is 8.78. The summed E-state index contributed by atoms with van der Waals surface area (Å²) in [5.74, 6) is 0. The summed E-state index contributed by atoms with van der Waals surface area (Å²) < 4.78 is 0. The molecule has 1 fully saturated rings. The van der Waals surface area contributed by atoms with Crippen molar-refractivity contribution in [2.75, 3.05) is 26.7 Å². The van der Waals surface area contributed by atoms with Gasteiger partial charge in [0.15, 0.2) is 0 Å². The molecular weight excluding hydrogens is 212 g/mol. The Hall–Kier alpha value is -0.120. The van der Waals surface area contributed by atoms with Crippen molar-refractivity contribution >= 4 is 0 Å². The van der Waals surface area contributed by atoms with E-state index >= 15 is 0 Å².